The Labute approximate surface area is 115 Å². The predicted molar refractivity (Wildman–Crippen MR) is 69.3 cm³/mol. The van der Waals surface area contributed by atoms with Crippen LogP contribution in [0.25, 0.3) is 0 Å². The van der Waals surface area contributed by atoms with E-state index in [4.69, 9.17) is 0 Å². The number of aryl methyl sites for hydroxylation is 1. The third-order valence-corrected chi connectivity index (χ3v) is 6.12. The van der Waals surface area contributed by atoms with E-state index in [1.165, 1.54) is 25.6 Å². The molecule has 0 N–H and O–H groups in total. The Morgan fingerprint density at radius 3 is 2.40 bits per heavy atom. The van der Waals surface area contributed by atoms with Gasteiger partial charge < -0.3 is 0 Å². The van der Waals surface area contributed by atoms with Crippen LogP contribution in [0, 0.1) is 10.5 Å². The van der Waals surface area contributed by atoms with Gasteiger partial charge in [-0.1, -0.05) is 0 Å². The summed E-state index contributed by atoms with van der Waals surface area (Å²) < 4.78 is 4.69. The van der Waals surface area contributed by atoms with Crippen molar-refractivity contribution in [1.82, 2.24) is 0 Å². The first-order valence-electron chi connectivity index (χ1n) is 5.01. The normalized spacial score (nSPS) is 16.1. The van der Waals surface area contributed by atoms with Gasteiger partial charge in [0.1, 0.15) is 0 Å². The summed E-state index contributed by atoms with van der Waals surface area (Å²) in [5, 5.41) is 0. The minimum atomic E-state index is 0.0866. The van der Waals surface area contributed by atoms with Crippen molar-refractivity contribution in [3.63, 3.8) is 0 Å². The van der Waals surface area contributed by atoms with E-state index in [1.54, 1.807) is 3.58 Å². The average molecular weight is 423 g/mol. The SMILES string of the molecule is Cc1ccc([I-]C2=CC=C(I)CC2)cc1. The zero-order valence-corrected chi connectivity index (χ0v) is 12.9. The molecule has 2 heteroatoms. The average Bonchev–Trinajstić information content (AvgIpc) is 2.25. The van der Waals surface area contributed by atoms with E-state index in [0.29, 0.717) is 0 Å². The van der Waals surface area contributed by atoms with E-state index >= 15 is 0 Å². The van der Waals surface area contributed by atoms with Crippen molar-refractivity contribution in [2.24, 2.45) is 0 Å². The van der Waals surface area contributed by atoms with Crippen molar-refractivity contribution in [3.8, 4) is 0 Å². The number of halogens is 2. The van der Waals surface area contributed by atoms with Gasteiger partial charge in [0.25, 0.3) is 0 Å². The molecule has 0 bridgehead atoms. The van der Waals surface area contributed by atoms with Crippen molar-refractivity contribution < 1.29 is 21.2 Å². The molecule has 1 aliphatic rings. The van der Waals surface area contributed by atoms with E-state index in [1.807, 2.05) is 0 Å². The number of benzene rings is 1. The number of rotatable bonds is 2. The van der Waals surface area contributed by atoms with Gasteiger partial charge in [-0.05, 0) is 0 Å². The molecular weight excluding hydrogens is 410 g/mol. The summed E-state index contributed by atoms with van der Waals surface area (Å²) in [4.78, 5) is 0. The standard InChI is InChI=1S/C13H13I2/c1-10-2-6-12(7-3-10)15-13-8-4-11(14)5-9-13/h2-4,6-8H,5,9H2,1H3/q-1. The molecule has 15 heavy (non-hydrogen) atoms. The van der Waals surface area contributed by atoms with Crippen LogP contribution >= 0.6 is 22.6 Å². The summed E-state index contributed by atoms with van der Waals surface area (Å²) in [6.07, 6.45) is 7.12. The van der Waals surface area contributed by atoms with E-state index < -0.39 is 0 Å². The zero-order valence-electron chi connectivity index (χ0n) is 8.63. The quantitative estimate of drug-likeness (QED) is 0.629. The Morgan fingerprint density at radius 2 is 1.80 bits per heavy atom. The molecule has 0 amide bonds. The molecule has 80 valence electrons. The van der Waals surface area contributed by atoms with Gasteiger partial charge in [0, 0.05) is 0 Å². The first kappa shape index (κ1) is 11.6. The molecule has 1 aromatic rings. The van der Waals surface area contributed by atoms with Gasteiger partial charge in [0.05, 0.1) is 0 Å². The maximum atomic E-state index is 2.43. The Morgan fingerprint density at radius 1 is 1.07 bits per heavy atom. The Bertz CT molecular complexity index is 399. The second-order valence-electron chi connectivity index (χ2n) is 3.62. The molecule has 1 aromatic carbocycles. The predicted octanol–water partition coefficient (Wildman–Crippen LogP) is 1.25. The van der Waals surface area contributed by atoms with Gasteiger partial charge >= 0.3 is 116 Å². The van der Waals surface area contributed by atoms with Crippen LogP contribution in [0.3, 0.4) is 0 Å². The van der Waals surface area contributed by atoms with Crippen molar-refractivity contribution in [2.75, 3.05) is 0 Å². The van der Waals surface area contributed by atoms with Crippen LogP contribution in [-0.4, -0.2) is 0 Å². The molecular formula is C13H13I2-. The van der Waals surface area contributed by atoms with Crippen LogP contribution in [0.1, 0.15) is 18.4 Å². The fourth-order valence-electron chi connectivity index (χ4n) is 1.40. The molecule has 1 aliphatic carbocycles. The molecule has 0 heterocycles. The molecule has 0 spiro atoms. The van der Waals surface area contributed by atoms with Crippen molar-refractivity contribution in [1.29, 1.82) is 0 Å². The molecule has 2 rings (SSSR count). The molecule has 0 saturated carbocycles. The Kier molecular flexibility index (Phi) is 4.25. The fourth-order valence-corrected chi connectivity index (χ4v) is 4.27. The minimum absolute atomic E-state index is 0.0866. The van der Waals surface area contributed by atoms with Crippen molar-refractivity contribution in [2.45, 2.75) is 19.8 Å². The van der Waals surface area contributed by atoms with E-state index in [-0.39, 0.29) is 21.2 Å². The van der Waals surface area contributed by atoms with Crippen LogP contribution < -0.4 is 21.2 Å². The van der Waals surface area contributed by atoms with Crippen LogP contribution in [0.15, 0.2) is 43.6 Å². The summed E-state index contributed by atoms with van der Waals surface area (Å²) in [5.74, 6) is 0. The zero-order chi connectivity index (χ0) is 10.7. The van der Waals surface area contributed by atoms with Gasteiger partial charge in [-0.2, -0.15) is 0 Å². The molecule has 0 nitrogen and oxygen atoms in total. The summed E-state index contributed by atoms with van der Waals surface area (Å²) in [6.45, 7) is 2.15. The summed E-state index contributed by atoms with van der Waals surface area (Å²) in [5.41, 5.74) is 1.36. The second-order valence-corrected chi connectivity index (χ2v) is 8.17. The van der Waals surface area contributed by atoms with Gasteiger partial charge in [-0.15, -0.1) is 0 Å². The fraction of sp³-hybridized carbons (Fsp3) is 0.231. The molecule has 0 aliphatic heterocycles. The second kappa shape index (κ2) is 5.48. The van der Waals surface area contributed by atoms with Crippen LogP contribution in [0.4, 0.5) is 0 Å². The van der Waals surface area contributed by atoms with Crippen LogP contribution in [-0.2, 0) is 0 Å². The van der Waals surface area contributed by atoms with E-state index in [2.05, 4.69) is 65.9 Å². The third kappa shape index (κ3) is 3.59. The summed E-state index contributed by atoms with van der Waals surface area (Å²) in [7, 11) is 0. The van der Waals surface area contributed by atoms with Crippen molar-refractivity contribution in [3.05, 3.63) is 52.7 Å². The monoisotopic (exact) mass is 423 g/mol. The number of hydrogen-bond acceptors (Lipinski definition) is 0. The van der Waals surface area contributed by atoms with E-state index in [9.17, 15) is 0 Å². The summed E-state index contributed by atoms with van der Waals surface area (Å²) >= 11 is 2.52. The van der Waals surface area contributed by atoms with Gasteiger partial charge in [-0.3, -0.25) is 0 Å². The first-order valence-corrected chi connectivity index (χ1v) is 8.24. The maximum absolute atomic E-state index is 2.43. The number of allylic oxidation sites excluding steroid dienone is 4. The Balaban J connectivity index is 2.06. The molecule has 0 fully saturated rings. The molecule has 0 radical (unpaired) electrons. The van der Waals surface area contributed by atoms with Gasteiger partial charge in [-0.25, -0.2) is 0 Å². The third-order valence-electron chi connectivity index (χ3n) is 2.29. The summed E-state index contributed by atoms with van der Waals surface area (Å²) in [6, 6.07) is 9.01. The number of hydrogen-bond donors (Lipinski definition) is 0. The van der Waals surface area contributed by atoms with E-state index in [0.717, 1.165) is 0 Å². The van der Waals surface area contributed by atoms with Crippen molar-refractivity contribution >= 4 is 22.6 Å². The molecule has 0 unspecified atom stereocenters. The van der Waals surface area contributed by atoms with Crippen LogP contribution in [0.2, 0.25) is 0 Å². The Hall–Kier alpha value is 0.160. The first-order chi connectivity index (χ1) is 7.24. The van der Waals surface area contributed by atoms with Crippen LogP contribution in [0.5, 0.6) is 0 Å². The molecule has 0 saturated heterocycles. The topological polar surface area (TPSA) is 0 Å². The molecule has 0 atom stereocenters. The molecule has 0 aromatic heterocycles. The van der Waals surface area contributed by atoms with Gasteiger partial charge in [0.2, 0.25) is 0 Å². The van der Waals surface area contributed by atoms with Gasteiger partial charge in [0.15, 0.2) is 0 Å².